The lowest BCUT2D eigenvalue weighted by Crippen LogP contribution is -2.67. The van der Waals surface area contributed by atoms with Gasteiger partial charge in [0, 0.05) is 27.6 Å². The van der Waals surface area contributed by atoms with Crippen molar-refractivity contribution < 1.29 is 27.5 Å². The van der Waals surface area contributed by atoms with Crippen LogP contribution in [0.2, 0.25) is 10.0 Å². The Morgan fingerprint density at radius 2 is 1.79 bits per heavy atom. The second-order valence-electron chi connectivity index (χ2n) is 9.59. The maximum Gasteiger partial charge on any atom is 0.333 e. The largest absolute Gasteiger partial charge is 0.497 e. The van der Waals surface area contributed by atoms with Crippen LogP contribution in [0, 0.1) is 6.92 Å². The van der Waals surface area contributed by atoms with Crippen LogP contribution in [-0.2, 0) is 29.8 Å². The van der Waals surface area contributed by atoms with Gasteiger partial charge in [0.15, 0.2) is 12.1 Å². The van der Waals surface area contributed by atoms with E-state index in [1.165, 1.54) is 29.3 Å². The van der Waals surface area contributed by atoms with Crippen LogP contribution < -0.4 is 4.74 Å². The molecule has 220 valence electrons. The molecule has 0 bridgehead atoms. The first kappa shape index (κ1) is 31.6. The Hall–Kier alpha value is -3.31. The van der Waals surface area contributed by atoms with Crippen molar-refractivity contribution in [2.24, 2.45) is 4.99 Å². The number of β-lactam (4-membered cyclic amide) rings is 1. The molecule has 0 spiro atoms. The number of halogens is 2. The molecule has 0 N–H and O–H groups in total. The molecule has 3 unspecified atom stereocenters. The fraction of sp³-hybridized carbons (Fsp3) is 0.233. The number of aryl methyl sites for hydroxylation is 1. The second-order valence-corrected chi connectivity index (χ2v) is 14.4. The number of nitrogens with zero attached hydrogens (tertiary/aromatic N) is 2. The van der Waals surface area contributed by atoms with Crippen molar-refractivity contribution in [1.29, 1.82) is 0 Å². The van der Waals surface area contributed by atoms with Crippen LogP contribution in [0.4, 0.5) is 0 Å². The summed E-state index contributed by atoms with van der Waals surface area (Å²) in [4.78, 5) is 32.4. The topological polar surface area (TPSA) is 102 Å². The Kier molecular flexibility index (Phi) is 10.0. The number of methoxy groups -OCH3 is 1. The zero-order valence-corrected chi connectivity index (χ0v) is 26.1. The van der Waals surface area contributed by atoms with Crippen LogP contribution in [0.25, 0.3) is 0 Å². The predicted octanol–water partition coefficient (Wildman–Crippen LogP) is 6.08. The third-order valence-electron chi connectivity index (χ3n) is 6.43. The molecule has 0 radical (unpaired) electrons. The molecule has 3 atom stereocenters. The number of likely N-dealkylation sites (tertiary alicyclic amines) is 1. The van der Waals surface area contributed by atoms with Crippen molar-refractivity contribution in [2.75, 3.05) is 7.11 Å². The molecule has 4 rings (SSSR count). The van der Waals surface area contributed by atoms with Gasteiger partial charge in [-0.2, -0.15) is 0 Å². The van der Waals surface area contributed by atoms with Crippen molar-refractivity contribution in [1.82, 2.24) is 4.90 Å². The third-order valence-corrected chi connectivity index (χ3v) is 10.7. The molecule has 1 aliphatic rings. The number of hydrogen-bond acceptors (Lipinski definition) is 8. The molecule has 3 aromatic rings. The normalized spacial score (nSPS) is 17.5. The first-order chi connectivity index (χ1) is 19.9. The lowest BCUT2D eigenvalue weighted by molar-refractivity contribution is -0.161. The maximum atomic E-state index is 13.5. The fourth-order valence-electron chi connectivity index (χ4n) is 4.15. The Bertz CT molecular complexity index is 1630. The summed E-state index contributed by atoms with van der Waals surface area (Å²) in [6.07, 6.45) is 1.39. The molecule has 1 aliphatic heterocycles. The Morgan fingerprint density at radius 1 is 1.12 bits per heavy atom. The van der Waals surface area contributed by atoms with Crippen LogP contribution in [0.15, 0.2) is 88.8 Å². The first-order valence-electron chi connectivity index (χ1n) is 12.7. The molecule has 1 amide bonds. The number of carbonyl (C=O) groups excluding carboxylic acids is 2. The summed E-state index contributed by atoms with van der Waals surface area (Å²) in [7, 11) is -1.87. The molecular formula is C30H28Cl2N2O6S2. The number of rotatable bonds is 11. The molecule has 0 aliphatic carbocycles. The summed E-state index contributed by atoms with van der Waals surface area (Å²) in [5, 5.41) is -0.312. The van der Waals surface area contributed by atoms with E-state index in [2.05, 4.69) is 11.6 Å². The quantitative estimate of drug-likeness (QED) is 0.0818. The molecular weight excluding hydrogens is 619 g/mol. The number of esters is 1. The van der Waals surface area contributed by atoms with E-state index in [4.69, 9.17) is 32.7 Å². The van der Waals surface area contributed by atoms with Crippen LogP contribution in [0.5, 0.6) is 5.75 Å². The number of carbonyl (C=O) groups is 2. The molecule has 3 aromatic carbocycles. The Morgan fingerprint density at radius 3 is 2.38 bits per heavy atom. The van der Waals surface area contributed by atoms with Gasteiger partial charge in [-0.15, -0.1) is 0 Å². The van der Waals surface area contributed by atoms with Gasteiger partial charge >= 0.3 is 5.97 Å². The zero-order valence-electron chi connectivity index (χ0n) is 23.0. The van der Waals surface area contributed by atoms with Gasteiger partial charge in [0.1, 0.15) is 17.7 Å². The molecule has 1 fully saturated rings. The van der Waals surface area contributed by atoms with Crippen molar-refractivity contribution in [3.63, 3.8) is 0 Å². The maximum absolute atomic E-state index is 13.5. The number of amides is 1. The number of hydrogen-bond donors (Lipinski definition) is 0. The summed E-state index contributed by atoms with van der Waals surface area (Å²) in [5.74, 6) is -0.646. The average Bonchev–Trinajstić information content (AvgIpc) is 2.95. The summed E-state index contributed by atoms with van der Waals surface area (Å²) in [6, 6.07) is 15.8. The van der Waals surface area contributed by atoms with Crippen LogP contribution in [0.3, 0.4) is 0 Å². The highest BCUT2D eigenvalue weighted by Crippen LogP contribution is 2.41. The van der Waals surface area contributed by atoms with Crippen molar-refractivity contribution in [3.05, 3.63) is 106 Å². The van der Waals surface area contributed by atoms with Gasteiger partial charge in [-0.3, -0.25) is 9.79 Å². The Labute approximate surface area is 258 Å². The lowest BCUT2D eigenvalue weighted by Gasteiger charge is -2.47. The molecule has 0 saturated carbocycles. The van der Waals surface area contributed by atoms with E-state index < -0.39 is 38.2 Å². The smallest absolute Gasteiger partial charge is 0.333 e. The molecule has 8 nitrogen and oxygen atoms in total. The summed E-state index contributed by atoms with van der Waals surface area (Å²) in [5.41, 5.74) is 2.40. The molecule has 0 aromatic heterocycles. The standard InChI is InChI=1S/C30H28Cl2N2O6S2/c1-18(2)27(30(36)40-17-20-7-11-23(39-4)12-8-20)34-28(35)26(33-16-21-9-10-22(31)15-25(21)32)29(34)41-42(37,38)24-13-5-19(3)6-14-24/h5-16,26-27,29H,1,17H2,2-4H3. The van der Waals surface area contributed by atoms with E-state index in [0.717, 1.165) is 5.56 Å². The highest BCUT2D eigenvalue weighted by atomic mass is 35.5. The predicted molar refractivity (Wildman–Crippen MR) is 166 cm³/mol. The monoisotopic (exact) mass is 646 g/mol. The summed E-state index contributed by atoms with van der Waals surface area (Å²) in [6.45, 7) is 7.25. The van der Waals surface area contributed by atoms with Crippen molar-refractivity contribution in [2.45, 2.75) is 42.8 Å². The SMILES string of the molecule is C=C(C)C(C(=O)OCc1ccc(OC)cc1)N1C(=O)C(N=Cc2ccc(Cl)cc2Cl)C1SS(=O)(=O)c1ccc(C)cc1. The van der Waals surface area contributed by atoms with Gasteiger partial charge in [0.2, 0.25) is 8.87 Å². The molecule has 1 saturated heterocycles. The van der Waals surface area contributed by atoms with Gasteiger partial charge in [-0.05, 0) is 61.4 Å². The molecule has 42 heavy (non-hydrogen) atoms. The minimum absolute atomic E-state index is 0.0647. The van der Waals surface area contributed by atoms with E-state index in [1.54, 1.807) is 62.6 Å². The molecule has 1 heterocycles. The van der Waals surface area contributed by atoms with E-state index in [1.807, 2.05) is 6.92 Å². The summed E-state index contributed by atoms with van der Waals surface area (Å²) >= 11 is 12.2. The van der Waals surface area contributed by atoms with Gasteiger partial charge in [0.25, 0.3) is 5.91 Å². The van der Waals surface area contributed by atoms with Gasteiger partial charge in [-0.25, -0.2) is 13.2 Å². The minimum Gasteiger partial charge on any atom is -0.497 e. The van der Waals surface area contributed by atoms with Crippen LogP contribution in [0.1, 0.15) is 23.6 Å². The Balaban J connectivity index is 1.62. The fourth-order valence-corrected chi connectivity index (χ4v) is 8.09. The average molecular weight is 648 g/mol. The van der Waals surface area contributed by atoms with Gasteiger partial charge in [0.05, 0.1) is 17.0 Å². The van der Waals surface area contributed by atoms with Crippen molar-refractivity contribution >= 4 is 61.0 Å². The number of ether oxygens (including phenoxy) is 2. The van der Waals surface area contributed by atoms with Gasteiger partial charge in [-0.1, -0.05) is 65.7 Å². The highest BCUT2D eigenvalue weighted by Gasteiger charge is 2.55. The minimum atomic E-state index is -3.96. The molecule has 12 heteroatoms. The lowest BCUT2D eigenvalue weighted by atomic mass is 9.99. The van der Waals surface area contributed by atoms with E-state index in [0.29, 0.717) is 43.3 Å². The van der Waals surface area contributed by atoms with E-state index >= 15 is 0 Å². The highest BCUT2D eigenvalue weighted by molar-refractivity contribution is 8.72. The van der Waals surface area contributed by atoms with Gasteiger partial charge < -0.3 is 14.4 Å². The van der Waals surface area contributed by atoms with Crippen LogP contribution >= 0.6 is 34.0 Å². The number of aliphatic imine (C=N–C) groups is 1. The third kappa shape index (κ3) is 7.18. The number of benzene rings is 3. The zero-order chi connectivity index (χ0) is 30.6. The van der Waals surface area contributed by atoms with Crippen molar-refractivity contribution in [3.8, 4) is 5.75 Å². The summed E-state index contributed by atoms with van der Waals surface area (Å²) < 4.78 is 37.5. The van der Waals surface area contributed by atoms with E-state index in [-0.39, 0.29) is 11.5 Å². The van der Waals surface area contributed by atoms with Crippen LogP contribution in [-0.4, -0.2) is 56.0 Å². The van der Waals surface area contributed by atoms with E-state index in [9.17, 15) is 18.0 Å². The first-order valence-corrected chi connectivity index (χ1v) is 16.3. The second kappa shape index (κ2) is 13.3.